The summed E-state index contributed by atoms with van der Waals surface area (Å²) in [5.41, 5.74) is 2.37. The molecule has 0 amide bonds. The van der Waals surface area contributed by atoms with Crippen molar-refractivity contribution in [3.05, 3.63) is 71.3 Å². The van der Waals surface area contributed by atoms with E-state index in [9.17, 15) is 17.6 Å². The molecular weight excluding hydrogens is 480 g/mol. The minimum absolute atomic E-state index is 0.0143. The smallest absolute Gasteiger partial charge is 0.400 e. The van der Waals surface area contributed by atoms with Gasteiger partial charge in [0.25, 0.3) is 0 Å². The topological polar surface area (TPSA) is 18.5 Å². The predicted octanol–water partition coefficient (Wildman–Crippen LogP) is 9.28. The summed E-state index contributed by atoms with van der Waals surface area (Å²) in [4.78, 5) is 0. The summed E-state index contributed by atoms with van der Waals surface area (Å²) < 4.78 is 67.6. The van der Waals surface area contributed by atoms with Gasteiger partial charge < -0.3 is 9.47 Å². The number of hydrogen-bond acceptors (Lipinski definition) is 2. The Kier molecular flexibility index (Phi) is 9.55. The van der Waals surface area contributed by atoms with Gasteiger partial charge in [0.15, 0.2) is 11.6 Å². The predicted molar refractivity (Wildman–Crippen MR) is 138 cm³/mol. The van der Waals surface area contributed by atoms with E-state index in [1.54, 1.807) is 12.1 Å². The zero-order chi connectivity index (χ0) is 26.3. The lowest BCUT2D eigenvalue weighted by Gasteiger charge is -2.35. The number of alkyl halides is 2. The molecule has 0 aliphatic heterocycles. The first-order chi connectivity index (χ1) is 17.8. The number of halogens is 4. The van der Waals surface area contributed by atoms with Gasteiger partial charge in [-0.1, -0.05) is 37.5 Å². The summed E-state index contributed by atoms with van der Waals surface area (Å²) in [5, 5.41) is 0. The van der Waals surface area contributed by atoms with Gasteiger partial charge in [0.2, 0.25) is 0 Å². The third-order valence-corrected chi connectivity index (χ3v) is 7.89. The van der Waals surface area contributed by atoms with Crippen molar-refractivity contribution in [3.63, 3.8) is 0 Å². The number of allylic oxidation sites excluding steroid dienone is 2. The minimum atomic E-state index is -3.27. The molecule has 6 heteroatoms. The summed E-state index contributed by atoms with van der Waals surface area (Å²) in [5.74, 6) is -0.653. The Morgan fingerprint density at radius 3 is 2.32 bits per heavy atom. The molecule has 2 aromatic carbocycles. The van der Waals surface area contributed by atoms with Gasteiger partial charge in [-0.2, -0.15) is 8.78 Å². The van der Waals surface area contributed by atoms with E-state index in [0.29, 0.717) is 37.0 Å². The van der Waals surface area contributed by atoms with Crippen LogP contribution in [0.25, 0.3) is 0 Å². The highest BCUT2D eigenvalue weighted by Gasteiger charge is 2.44. The molecule has 2 aliphatic rings. The van der Waals surface area contributed by atoms with Gasteiger partial charge in [-0.25, -0.2) is 8.78 Å². The highest BCUT2D eigenvalue weighted by molar-refractivity contribution is 5.29. The molecule has 4 rings (SSSR count). The average Bonchev–Trinajstić information content (AvgIpc) is 2.90. The fraction of sp³-hybridized carbons (Fsp3) is 0.548. The summed E-state index contributed by atoms with van der Waals surface area (Å²) >= 11 is 0. The first kappa shape index (κ1) is 27.5. The molecule has 0 radical (unpaired) electrons. The third kappa shape index (κ3) is 7.75. The Hall–Kier alpha value is -2.50. The normalized spacial score (nSPS) is 22.4. The van der Waals surface area contributed by atoms with E-state index in [2.05, 4.69) is 13.0 Å². The molecule has 2 aromatic rings. The van der Waals surface area contributed by atoms with E-state index in [-0.39, 0.29) is 11.6 Å². The number of rotatable bonds is 11. The molecule has 2 nitrogen and oxygen atoms in total. The summed E-state index contributed by atoms with van der Waals surface area (Å²) in [6.45, 7) is 2.64. The standard InChI is InChI=1S/C31H38F4O2/c1-2-3-4-5-22-8-19-30(29(33)20-22)36-21-23-6-9-24(10-7-23)25-11-13-26(14-12-25)31(34,35)37-28-17-15-27(32)16-18-28/h8-9,15-20,23,25-26H,2-7,10-14,21H2,1H3. The monoisotopic (exact) mass is 518 g/mol. The number of ether oxygens (including phenoxy) is 2. The van der Waals surface area contributed by atoms with Crippen molar-refractivity contribution in [3.8, 4) is 11.5 Å². The van der Waals surface area contributed by atoms with E-state index in [4.69, 9.17) is 9.47 Å². The van der Waals surface area contributed by atoms with Crippen LogP contribution in [0, 0.1) is 29.4 Å². The van der Waals surface area contributed by atoms with Crippen LogP contribution >= 0.6 is 0 Å². The van der Waals surface area contributed by atoms with E-state index < -0.39 is 17.8 Å². The lowest BCUT2D eigenvalue weighted by Crippen LogP contribution is -2.37. The Balaban J connectivity index is 1.21. The quantitative estimate of drug-likeness (QED) is 0.168. The molecule has 202 valence electrons. The lowest BCUT2D eigenvalue weighted by atomic mass is 9.74. The van der Waals surface area contributed by atoms with Crippen LogP contribution in [0.3, 0.4) is 0 Å². The van der Waals surface area contributed by atoms with Crippen LogP contribution in [0.5, 0.6) is 11.5 Å². The van der Waals surface area contributed by atoms with Gasteiger partial charge in [-0.05, 0) is 112 Å². The first-order valence-corrected chi connectivity index (χ1v) is 13.8. The van der Waals surface area contributed by atoms with Gasteiger partial charge in [-0.15, -0.1) is 0 Å². The number of hydrogen-bond donors (Lipinski definition) is 0. The fourth-order valence-electron chi connectivity index (χ4n) is 5.58. The summed E-state index contributed by atoms with van der Waals surface area (Å²) in [7, 11) is 0. The van der Waals surface area contributed by atoms with Gasteiger partial charge in [0, 0.05) is 0 Å². The number of unbranched alkanes of at least 4 members (excludes halogenated alkanes) is 2. The Bertz CT molecular complexity index is 1030. The molecule has 1 atom stereocenters. The molecule has 0 bridgehead atoms. The Morgan fingerprint density at radius 2 is 1.68 bits per heavy atom. The second-order valence-electron chi connectivity index (χ2n) is 10.6. The van der Waals surface area contributed by atoms with Crippen LogP contribution in [-0.4, -0.2) is 12.7 Å². The Labute approximate surface area is 218 Å². The van der Waals surface area contributed by atoms with Gasteiger partial charge >= 0.3 is 6.11 Å². The van der Waals surface area contributed by atoms with Crippen molar-refractivity contribution in [2.45, 2.75) is 83.7 Å². The minimum Gasteiger partial charge on any atom is -0.490 e. The number of aryl methyl sites for hydroxylation is 1. The summed E-state index contributed by atoms with van der Waals surface area (Å²) in [6.07, 6.45) is 8.25. The average molecular weight is 519 g/mol. The second kappa shape index (κ2) is 12.8. The zero-order valence-electron chi connectivity index (χ0n) is 21.7. The molecule has 37 heavy (non-hydrogen) atoms. The third-order valence-electron chi connectivity index (χ3n) is 7.89. The largest absolute Gasteiger partial charge is 0.490 e. The molecule has 2 aliphatic carbocycles. The van der Waals surface area contributed by atoms with Gasteiger partial charge in [-0.3, -0.25) is 0 Å². The van der Waals surface area contributed by atoms with E-state index in [1.807, 2.05) is 6.07 Å². The zero-order valence-corrected chi connectivity index (χ0v) is 21.7. The Morgan fingerprint density at radius 1 is 0.919 bits per heavy atom. The van der Waals surface area contributed by atoms with Crippen LogP contribution in [0.1, 0.15) is 76.7 Å². The van der Waals surface area contributed by atoms with Crippen molar-refractivity contribution >= 4 is 0 Å². The molecule has 0 aromatic heterocycles. The van der Waals surface area contributed by atoms with E-state index in [1.165, 1.54) is 17.7 Å². The molecule has 0 N–H and O–H groups in total. The maximum absolute atomic E-state index is 14.7. The molecule has 1 unspecified atom stereocenters. The van der Waals surface area contributed by atoms with Crippen molar-refractivity contribution in [2.24, 2.45) is 17.8 Å². The lowest BCUT2D eigenvalue weighted by molar-refractivity contribution is -0.223. The van der Waals surface area contributed by atoms with Gasteiger partial charge in [0.05, 0.1) is 12.5 Å². The second-order valence-corrected chi connectivity index (χ2v) is 10.6. The van der Waals surface area contributed by atoms with Crippen LogP contribution in [-0.2, 0) is 6.42 Å². The fourth-order valence-corrected chi connectivity index (χ4v) is 5.58. The highest BCUT2D eigenvalue weighted by atomic mass is 19.3. The molecular formula is C31H38F4O2. The molecule has 1 fully saturated rings. The molecule has 0 heterocycles. The van der Waals surface area contributed by atoms with E-state index in [0.717, 1.165) is 75.5 Å². The van der Waals surface area contributed by atoms with Crippen LogP contribution in [0.4, 0.5) is 17.6 Å². The van der Waals surface area contributed by atoms with Crippen LogP contribution < -0.4 is 9.47 Å². The molecule has 0 spiro atoms. The molecule has 1 saturated carbocycles. The van der Waals surface area contributed by atoms with Gasteiger partial charge in [0.1, 0.15) is 11.6 Å². The van der Waals surface area contributed by atoms with Crippen molar-refractivity contribution in [1.82, 2.24) is 0 Å². The summed E-state index contributed by atoms with van der Waals surface area (Å²) in [6, 6.07) is 10.0. The number of benzene rings is 2. The maximum atomic E-state index is 14.7. The van der Waals surface area contributed by atoms with Crippen LogP contribution in [0.2, 0.25) is 0 Å². The maximum Gasteiger partial charge on any atom is 0.400 e. The first-order valence-electron chi connectivity index (χ1n) is 13.8. The van der Waals surface area contributed by atoms with E-state index >= 15 is 0 Å². The molecule has 0 saturated heterocycles. The SMILES string of the molecule is CCCCCc1ccc(OCC2CC=C(C3CCC(C(F)(F)Oc4ccc(F)cc4)CC3)CC2)c(F)c1. The van der Waals surface area contributed by atoms with Crippen molar-refractivity contribution < 1.29 is 27.0 Å². The van der Waals surface area contributed by atoms with Crippen molar-refractivity contribution in [2.75, 3.05) is 6.61 Å². The van der Waals surface area contributed by atoms with Crippen molar-refractivity contribution in [1.29, 1.82) is 0 Å². The highest BCUT2D eigenvalue weighted by Crippen LogP contribution is 2.44. The van der Waals surface area contributed by atoms with Crippen LogP contribution in [0.15, 0.2) is 54.1 Å².